The maximum atomic E-state index is 13.4. The van der Waals surface area contributed by atoms with E-state index in [1.54, 1.807) is 56.7 Å². The quantitative estimate of drug-likeness (QED) is 0.483. The number of halogens is 1. The summed E-state index contributed by atoms with van der Waals surface area (Å²) < 4.78 is 29.4. The standard InChI is InChI=1S/C23H18FN3O4/c1-29-19-11-10-14(13-20(19)30-2)21-26-23(31-27-21)17-8-3-4-9-18(17)25-22(28)15-6-5-7-16(24)12-15/h3-13H,1-2H3,(H,25,28). The van der Waals surface area contributed by atoms with Crippen LogP contribution >= 0.6 is 0 Å². The van der Waals surface area contributed by atoms with Crippen molar-refractivity contribution in [2.24, 2.45) is 0 Å². The van der Waals surface area contributed by atoms with E-state index in [0.29, 0.717) is 34.1 Å². The third kappa shape index (κ3) is 4.23. The molecule has 7 nitrogen and oxygen atoms in total. The average Bonchev–Trinajstić information content (AvgIpc) is 3.29. The van der Waals surface area contributed by atoms with Crippen molar-refractivity contribution in [1.82, 2.24) is 10.1 Å². The van der Waals surface area contributed by atoms with Gasteiger partial charge in [0.1, 0.15) is 5.82 Å². The number of amides is 1. The zero-order chi connectivity index (χ0) is 21.8. The number of rotatable bonds is 6. The predicted octanol–water partition coefficient (Wildman–Crippen LogP) is 4.81. The molecule has 0 aliphatic carbocycles. The van der Waals surface area contributed by atoms with Crippen LogP contribution in [-0.4, -0.2) is 30.3 Å². The highest BCUT2D eigenvalue weighted by Crippen LogP contribution is 2.33. The molecule has 0 saturated heterocycles. The molecule has 0 aliphatic rings. The van der Waals surface area contributed by atoms with Gasteiger partial charge in [-0.2, -0.15) is 4.98 Å². The smallest absolute Gasteiger partial charge is 0.260 e. The maximum Gasteiger partial charge on any atom is 0.260 e. The second-order valence-corrected chi connectivity index (χ2v) is 6.50. The minimum Gasteiger partial charge on any atom is -0.493 e. The summed E-state index contributed by atoms with van der Waals surface area (Å²) >= 11 is 0. The van der Waals surface area contributed by atoms with Gasteiger partial charge in [-0.05, 0) is 48.5 Å². The molecule has 4 aromatic rings. The van der Waals surface area contributed by atoms with Crippen LogP contribution in [0.2, 0.25) is 0 Å². The topological polar surface area (TPSA) is 86.5 Å². The molecule has 1 aromatic heterocycles. The Balaban J connectivity index is 1.63. The maximum absolute atomic E-state index is 13.4. The van der Waals surface area contributed by atoms with Gasteiger partial charge in [-0.15, -0.1) is 0 Å². The first kappa shape index (κ1) is 20.1. The number of benzene rings is 3. The van der Waals surface area contributed by atoms with E-state index in [4.69, 9.17) is 14.0 Å². The van der Waals surface area contributed by atoms with Crippen molar-refractivity contribution < 1.29 is 23.2 Å². The summed E-state index contributed by atoms with van der Waals surface area (Å²) in [6.45, 7) is 0. The van der Waals surface area contributed by atoms with Crippen molar-refractivity contribution >= 4 is 11.6 Å². The van der Waals surface area contributed by atoms with Crippen molar-refractivity contribution in [2.75, 3.05) is 19.5 Å². The van der Waals surface area contributed by atoms with Crippen LogP contribution in [0.1, 0.15) is 10.4 Å². The van der Waals surface area contributed by atoms with Gasteiger partial charge in [0.2, 0.25) is 5.82 Å². The second-order valence-electron chi connectivity index (χ2n) is 6.50. The first-order valence-corrected chi connectivity index (χ1v) is 9.31. The van der Waals surface area contributed by atoms with Crippen LogP contribution in [0.3, 0.4) is 0 Å². The zero-order valence-corrected chi connectivity index (χ0v) is 16.8. The lowest BCUT2D eigenvalue weighted by Gasteiger charge is -2.08. The van der Waals surface area contributed by atoms with Gasteiger partial charge in [0.25, 0.3) is 11.8 Å². The van der Waals surface area contributed by atoms with E-state index in [2.05, 4.69) is 15.5 Å². The summed E-state index contributed by atoms with van der Waals surface area (Å²) in [5, 5.41) is 6.80. The number of anilines is 1. The molecule has 3 aromatic carbocycles. The van der Waals surface area contributed by atoms with E-state index >= 15 is 0 Å². The Morgan fingerprint density at radius 2 is 1.77 bits per heavy atom. The average molecular weight is 419 g/mol. The lowest BCUT2D eigenvalue weighted by molar-refractivity contribution is 0.102. The third-order valence-electron chi connectivity index (χ3n) is 4.56. The number of hydrogen-bond donors (Lipinski definition) is 1. The molecule has 1 amide bonds. The van der Waals surface area contributed by atoms with Crippen LogP contribution in [0.4, 0.5) is 10.1 Å². The molecular weight excluding hydrogens is 401 g/mol. The highest BCUT2D eigenvalue weighted by atomic mass is 19.1. The number of nitrogens with one attached hydrogen (secondary N) is 1. The molecule has 4 rings (SSSR count). The van der Waals surface area contributed by atoms with Crippen LogP contribution in [0.5, 0.6) is 11.5 Å². The Hall–Kier alpha value is -4.20. The van der Waals surface area contributed by atoms with Crippen molar-refractivity contribution in [3.8, 4) is 34.3 Å². The molecule has 0 spiro atoms. The Labute approximate surface area is 177 Å². The third-order valence-corrected chi connectivity index (χ3v) is 4.56. The zero-order valence-electron chi connectivity index (χ0n) is 16.8. The SMILES string of the molecule is COc1ccc(-c2noc(-c3ccccc3NC(=O)c3cccc(F)c3)n2)cc1OC. The fourth-order valence-electron chi connectivity index (χ4n) is 3.03. The summed E-state index contributed by atoms with van der Waals surface area (Å²) in [6.07, 6.45) is 0. The Bertz CT molecular complexity index is 1240. The largest absolute Gasteiger partial charge is 0.493 e. The van der Waals surface area contributed by atoms with Crippen LogP contribution in [-0.2, 0) is 0 Å². The summed E-state index contributed by atoms with van der Waals surface area (Å²) in [5.74, 6) is 0.751. The second kappa shape index (κ2) is 8.66. The monoisotopic (exact) mass is 419 g/mol. The van der Waals surface area contributed by atoms with E-state index in [1.165, 1.54) is 24.3 Å². The Morgan fingerprint density at radius 3 is 2.55 bits per heavy atom. The van der Waals surface area contributed by atoms with Gasteiger partial charge in [-0.1, -0.05) is 23.4 Å². The summed E-state index contributed by atoms with van der Waals surface area (Å²) in [5.41, 5.74) is 1.87. The summed E-state index contributed by atoms with van der Waals surface area (Å²) in [4.78, 5) is 17.0. The van der Waals surface area contributed by atoms with Gasteiger partial charge in [0, 0.05) is 11.1 Å². The predicted molar refractivity (Wildman–Crippen MR) is 113 cm³/mol. The minimum absolute atomic E-state index is 0.200. The molecule has 0 bridgehead atoms. The van der Waals surface area contributed by atoms with Crippen LogP contribution < -0.4 is 14.8 Å². The van der Waals surface area contributed by atoms with Crippen molar-refractivity contribution in [1.29, 1.82) is 0 Å². The number of hydrogen-bond acceptors (Lipinski definition) is 6. The van der Waals surface area contributed by atoms with Crippen molar-refractivity contribution in [2.45, 2.75) is 0 Å². The molecule has 0 unspecified atom stereocenters. The minimum atomic E-state index is -0.489. The molecule has 0 aliphatic heterocycles. The summed E-state index contributed by atoms with van der Waals surface area (Å²) in [6, 6.07) is 17.7. The number of ether oxygens (including phenoxy) is 2. The lowest BCUT2D eigenvalue weighted by atomic mass is 10.1. The Morgan fingerprint density at radius 1 is 0.968 bits per heavy atom. The molecule has 1 heterocycles. The van der Waals surface area contributed by atoms with Gasteiger partial charge >= 0.3 is 0 Å². The van der Waals surface area contributed by atoms with Crippen LogP contribution in [0.15, 0.2) is 71.3 Å². The summed E-state index contributed by atoms with van der Waals surface area (Å²) in [7, 11) is 3.10. The van der Waals surface area contributed by atoms with Crippen LogP contribution in [0, 0.1) is 5.82 Å². The number of nitrogens with zero attached hydrogens (tertiary/aromatic N) is 2. The molecule has 0 radical (unpaired) electrons. The molecular formula is C23H18FN3O4. The van der Waals surface area contributed by atoms with E-state index < -0.39 is 11.7 Å². The Kier molecular flexibility index (Phi) is 5.61. The fourth-order valence-corrected chi connectivity index (χ4v) is 3.03. The van der Waals surface area contributed by atoms with Crippen molar-refractivity contribution in [3.63, 3.8) is 0 Å². The lowest BCUT2D eigenvalue weighted by Crippen LogP contribution is -2.12. The van der Waals surface area contributed by atoms with E-state index in [9.17, 15) is 9.18 Å². The van der Waals surface area contributed by atoms with Gasteiger partial charge in [0.05, 0.1) is 25.5 Å². The molecule has 0 atom stereocenters. The van der Waals surface area contributed by atoms with Gasteiger partial charge in [0.15, 0.2) is 11.5 Å². The normalized spacial score (nSPS) is 10.5. The highest BCUT2D eigenvalue weighted by Gasteiger charge is 2.17. The van der Waals surface area contributed by atoms with E-state index in [-0.39, 0.29) is 11.5 Å². The first-order valence-electron chi connectivity index (χ1n) is 9.31. The van der Waals surface area contributed by atoms with Gasteiger partial charge < -0.3 is 19.3 Å². The van der Waals surface area contributed by atoms with Gasteiger partial charge in [-0.3, -0.25) is 4.79 Å². The molecule has 1 N–H and O–H groups in total. The molecule has 0 saturated carbocycles. The van der Waals surface area contributed by atoms with E-state index in [0.717, 1.165) is 0 Å². The molecule has 156 valence electrons. The van der Waals surface area contributed by atoms with Crippen molar-refractivity contribution in [3.05, 3.63) is 78.1 Å². The number of carbonyl (C=O) groups is 1. The highest BCUT2D eigenvalue weighted by molar-refractivity contribution is 6.06. The number of para-hydroxylation sites is 1. The molecule has 8 heteroatoms. The van der Waals surface area contributed by atoms with E-state index in [1.807, 2.05) is 0 Å². The van der Waals surface area contributed by atoms with Gasteiger partial charge in [-0.25, -0.2) is 4.39 Å². The van der Waals surface area contributed by atoms with Crippen LogP contribution in [0.25, 0.3) is 22.8 Å². The molecule has 0 fully saturated rings. The number of aromatic nitrogens is 2. The first-order chi connectivity index (χ1) is 15.1. The molecule has 31 heavy (non-hydrogen) atoms. The number of carbonyl (C=O) groups excluding carboxylic acids is 1. The number of methoxy groups -OCH3 is 2. The fraction of sp³-hybridized carbons (Fsp3) is 0.0870.